The molecule has 2 rings (SSSR count). The Morgan fingerprint density at radius 1 is 0.607 bits per heavy atom. The Balaban J connectivity index is 0.00000364. The molecule has 28 heavy (non-hydrogen) atoms. The fourth-order valence-corrected chi connectivity index (χ4v) is 1.98. The predicted octanol–water partition coefficient (Wildman–Crippen LogP) is -7.05. The molecule has 0 saturated carbocycles. The van der Waals surface area contributed by atoms with E-state index in [1.54, 1.807) is 12.1 Å². The first-order chi connectivity index (χ1) is 12.4. The van der Waals surface area contributed by atoms with Crippen molar-refractivity contribution >= 4 is 23.9 Å². The quantitative estimate of drug-likeness (QED) is 0.330. The minimum Gasteiger partial charge on any atom is -0.546 e. The third kappa shape index (κ3) is 7.38. The van der Waals surface area contributed by atoms with Crippen molar-refractivity contribution < 1.29 is 98.0 Å². The maximum absolute atomic E-state index is 12.0. The van der Waals surface area contributed by atoms with E-state index in [0.717, 1.165) is 0 Å². The van der Waals surface area contributed by atoms with E-state index < -0.39 is 36.1 Å². The minimum atomic E-state index is -2.39. The zero-order chi connectivity index (χ0) is 19.1. The molecule has 0 fully saturated rings. The van der Waals surface area contributed by atoms with Crippen molar-refractivity contribution in [3.05, 3.63) is 71.8 Å². The molecule has 0 radical (unpaired) electrons. The van der Waals surface area contributed by atoms with Crippen LogP contribution in [0.15, 0.2) is 60.7 Å². The maximum atomic E-state index is 12.0. The molecule has 0 aliphatic heterocycles. The summed E-state index contributed by atoms with van der Waals surface area (Å²) in [6.07, 6.45) is -4.78. The van der Waals surface area contributed by atoms with Crippen LogP contribution in [0.4, 0.5) is 0 Å². The van der Waals surface area contributed by atoms with Crippen molar-refractivity contribution in [3.63, 3.8) is 0 Å². The molecule has 0 amide bonds. The molecule has 134 valence electrons. The van der Waals surface area contributed by atoms with Gasteiger partial charge < -0.3 is 29.3 Å². The van der Waals surface area contributed by atoms with Crippen LogP contribution in [0.25, 0.3) is 0 Å². The maximum Gasteiger partial charge on any atom is 1.00 e. The molecule has 10 heteroatoms. The number of esters is 2. The van der Waals surface area contributed by atoms with Crippen LogP contribution < -0.4 is 69.3 Å². The molecule has 0 aromatic heterocycles. The van der Waals surface area contributed by atoms with Gasteiger partial charge in [-0.25, -0.2) is 9.59 Å². The average Bonchev–Trinajstić information content (AvgIpc) is 2.65. The molecular weight excluding hydrogens is 390 g/mol. The monoisotopic (exact) mass is 402 g/mol. The van der Waals surface area contributed by atoms with E-state index in [1.807, 2.05) is 0 Å². The Morgan fingerprint density at radius 3 is 1.14 bits per heavy atom. The predicted molar refractivity (Wildman–Crippen MR) is 81.3 cm³/mol. The van der Waals surface area contributed by atoms with Crippen LogP contribution >= 0.6 is 0 Å². The fourth-order valence-electron chi connectivity index (χ4n) is 1.98. The normalized spacial score (nSPS) is 11.6. The Hall–Kier alpha value is -1.68. The summed E-state index contributed by atoms with van der Waals surface area (Å²) in [6, 6.07) is 14.5. The molecular formula is C18H12Na2O8. The molecule has 0 unspecified atom stereocenters. The number of carbonyl (C=O) groups is 4. The molecule has 0 heterocycles. The zero-order valence-electron chi connectivity index (χ0n) is 15.2. The Labute approximate surface area is 204 Å². The van der Waals surface area contributed by atoms with Gasteiger partial charge in [0.05, 0.1) is 23.1 Å². The van der Waals surface area contributed by atoms with Crippen LogP contribution in [-0.4, -0.2) is 36.1 Å². The van der Waals surface area contributed by atoms with Crippen molar-refractivity contribution in [2.75, 3.05) is 0 Å². The van der Waals surface area contributed by atoms with Gasteiger partial charge in [0.25, 0.3) is 0 Å². The number of carboxylic acid groups (broad SMARTS) is 2. The standard InChI is InChI=1S/C18H14O8.2Na/c19-15(20)13(25-17(23)11-7-3-1-4-8-11)14(16(21)22)26-18(24)12-9-5-2-6-10-12;;/h1-10,13-14H,(H,19,20)(H,21,22);;/q;2*+1/p-2/t13-,14-;;/m0../s1. The van der Waals surface area contributed by atoms with Crippen LogP contribution in [0, 0.1) is 0 Å². The number of carbonyl (C=O) groups excluding carboxylic acids is 4. The van der Waals surface area contributed by atoms with Crippen LogP contribution in [0.3, 0.4) is 0 Å². The topological polar surface area (TPSA) is 133 Å². The van der Waals surface area contributed by atoms with Gasteiger partial charge in [-0.3, -0.25) is 0 Å². The van der Waals surface area contributed by atoms with Crippen molar-refractivity contribution in [1.29, 1.82) is 0 Å². The van der Waals surface area contributed by atoms with Crippen LogP contribution in [0.2, 0.25) is 0 Å². The van der Waals surface area contributed by atoms with Gasteiger partial charge in [0, 0.05) is 0 Å². The number of rotatable bonds is 7. The summed E-state index contributed by atoms with van der Waals surface area (Å²) < 4.78 is 9.32. The van der Waals surface area contributed by atoms with E-state index in [2.05, 4.69) is 9.47 Å². The Kier molecular flexibility index (Phi) is 12.0. The second-order valence-corrected chi connectivity index (χ2v) is 5.02. The number of aliphatic carboxylic acids is 2. The first kappa shape index (κ1) is 26.3. The first-order valence-corrected chi connectivity index (χ1v) is 7.34. The summed E-state index contributed by atoms with van der Waals surface area (Å²) >= 11 is 0. The van der Waals surface area contributed by atoms with Gasteiger partial charge in [-0.2, -0.15) is 0 Å². The number of hydrogen-bond donors (Lipinski definition) is 0. The Morgan fingerprint density at radius 2 is 0.893 bits per heavy atom. The average molecular weight is 402 g/mol. The summed E-state index contributed by atoms with van der Waals surface area (Å²) in [4.78, 5) is 46.5. The number of ether oxygens (including phenoxy) is 2. The third-order valence-corrected chi connectivity index (χ3v) is 3.23. The zero-order valence-corrected chi connectivity index (χ0v) is 19.2. The molecule has 0 aliphatic rings. The molecule has 0 N–H and O–H groups in total. The summed E-state index contributed by atoms with van der Waals surface area (Å²) in [5, 5.41) is 22.5. The van der Waals surface area contributed by atoms with Gasteiger partial charge in [-0.15, -0.1) is 0 Å². The number of benzene rings is 2. The second kappa shape index (κ2) is 12.7. The van der Waals surface area contributed by atoms with Gasteiger partial charge in [-0.1, -0.05) is 36.4 Å². The minimum absolute atomic E-state index is 0. The van der Waals surface area contributed by atoms with Gasteiger partial charge in [0.1, 0.15) is 0 Å². The van der Waals surface area contributed by atoms with Crippen molar-refractivity contribution in [2.24, 2.45) is 0 Å². The van der Waals surface area contributed by atoms with Gasteiger partial charge in [0.2, 0.25) is 0 Å². The fraction of sp³-hybridized carbons (Fsp3) is 0.111. The molecule has 0 aliphatic carbocycles. The smallest absolute Gasteiger partial charge is 0.546 e. The molecule has 2 aromatic rings. The molecule has 0 saturated heterocycles. The summed E-state index contributed by atoms with van der Waals surface area (Å²) in [5.41, 5.74) is -0.0459. The Bertz CT molecular complexity index is 741. The molecule has 8 nitrogen and oxygen atoms in total. The molecule has 2 aromatic carbocycles. The van der Waals surface area contributed by atoms with Crippen molar-refractivity contribution in [1.82, 2.24) is 0 Å². The third-order valence-electron chi connectivity index (χ3n) is 3.23. The molecule has 0 spiro atoms. The van der Waals surface area contributed by atoms with Crippen LogP contribution in [0.1, 0.15) is 20.7 Å². The van der Waals surface area contributed by atoms with E-state index in [1.165, 1.54) is 48.5 Å². The van der Waals surface area contributed by atoms with E-state index >= 15 is 0 Å². The van der Waals surface area contributed by atoms with E-state index in [0.29, 0.717) is 0 Å². The van der Waals surface area contributed by atoms with Crippen molar-refractivity contribution in [3.8, 4) is 0 Å². The van der Waals surface area contributed by atoms with E-state index in [4.69, 9.17) is 0 Å². The van der Waals surface area contributed by atoms with Gasteiger partial charge in [0.15, 0.2) is 12.2 Å². The first-order valence-electron chi connectivity index (χ1n) is 7.34. The SMILES string of the molecule is O=C(O[C@H](C(=O)[O-])[C@H](OC(=O)c1ccccc1)C(=O)[O-])c1ccccc1.[Na+].[Na+]. The molecule has 2 atom stereocenters. The van der Waals surface area contributed by atoms with E-state index in [-0.39, 0.29) is 70.2 Å². The van der Waals surface area contributed by atoms with Crippen molar-refractivity contribution in [2.45, 2.75) is 12.2 Å². The summed E-state index contributed by atoms with van der Waals surface area (Å²) in [6.45, 7) is 0. The second-order valence-electron chi connectivity index (χ2n) is 5.02. The van der Waals surface area contributed by atoms with Crippen LogP contribution in [-0.2, 0) is 19.1 Å². The van der Waals surface area contributed by atoms with E-state index in [9.17, 15) is 29.4 Å². The largest absolute Gasteiger partial charge is 1.00 e. The van der Waals surface area contributed by atoms with Gasteiger partial charge in [-0.05, 0) is 24.3 Å². The number of carboxylic acids is 2. The van der Waals surface area contributed by atoms with Crippen LogP contribution in [0.5, 0.6) is 0 Å². The number of hydrogen-bond acceptors (Lipinski definition) is 8. The summed E-state index contributed by atoms with van der Waals surface area (Å²) in [7, 11) is 0. The molecule has 0 bridgehead atoms. The van der Waals surface area contributed by atoms with Gasteiger partial charge >= 0.3 is 71.1 Å². The summed E-state index contributed by atoms with van der Waals surface area (Å²) in [5.74, 6) is -6.35.